The van der Waals surface area contributed by atoms with E-state index in [0.29, 0.717) is 25.7 Å². The Hall–Kier alpha value is -2.98. The van der Waals surface area contributed by atoms with Crippen LogP contribution >= 0.6 is 15.6 Å². The van der Waals surface area contributed by atoms with Gasteiger partial charge < -0.3 is 33.8 Å². The molecule has 0 radical (unpaired) electrons. The number of carbonyl (C=O) groups excluding carboxylic acids is 4. The second-order valence-electron chi connectivity index (χ2n) is 27.4. The van der Waals surface area contributed by atoms with E-state index in [1.807, 2.05) is 0 Å². The number of phosphoric acid groups is 2. The lowest BCUT2D eigenvalue weighted by Gasteiger charge is -2.21. The molecular weight excluding hydrogens is 1290 g/mol. The van der Waals surface area contributed by atoms with Gasteiger partial charge in [0.1, 0.15) is 19.3 Å². The second-order valence-corrected chi connectivity index (χ2v) is 30.3. The van der Waals surface area contributed by atoms with Gasteiger partial charge in [-0.25, -0.2) is 9.13 Å². The summed E-state index contributed by atoms with van der Waals surface area (Å²) in [5, 5.41) is 10.6. The zero-order valence-corrected chi connectivity index (χ0v) is 65.2. The van der Waals surface area contributed by atoms with E-state index in [4.69, 9.17) is 37.0 Å². The highest BCUT2D eigenvalue weighted by molar-refractivity contribution is 7.47. The molecule has 0 bridgehead atoms. The summed E-state index contributed by atoms with van der Waals surface area (Å²) in [6.45, 7) is 4.87. The Morgan fingerprint density at radius 1 is 0.283 bits per heavy atom. The number of rotatable bonds is 77. The van der Waals surface area contributed by atoms with Crippen LogP contribution in [0.25, 0.3) is 0 Å². The van der Waals surface area contributed by atoms with Crippen LogP contribution in [0.3, 0.4) is 0 Å². The van der Waals surface area contributed by atoms with Crippen molar-refractivity contribution in [2.45, 2.75) is 399 Å². The maximum Gasteiger partial charge on any atom is 0.472 e. The lowest BCUT2D eigenvalue weighted by molar-refractivity contribution is -0.161. The monoisotopic (exact) mass is 1440 g/mol. The van der Waals surface area contributed by atoms with Gasteiger partial charge in [-0.2, -0.15) is 0 Å². The van der Waals surface area contributed by atoms with Crippen LogP contribution in [0.1, 0.15) is 381 Å². The van der Waals surface area contributed by atoms with Crippen molar-refractivity contribution < 1.29 is 80.2 Å². The molecule has 17 nitrogen and oxygen atoms in total. The van der Waals surface area contributed by atoms with Crippen molar-refractivity contribution in [3.05, 3.63) is 48.6 Å². The minimum atomic E-state index is -4.97. The number of hydrogen-bond acceptors (Lipinski definition) is 15. The standard InChI is InChI=1S/C80H148O17P2/c1-5-9-13-17-21-25-29-32-35-36-37-38-41-44-47-51-55-59-63-67-80(85)97-76(71-91-78(83)65-61-57-53-49-45-42-39-33-30-26-22-18-14-10-6-2)73-95-99(88,89)93-69-74(81)68-92-98(86,87)94-72-75(70-90-77(82)64-60-56-52-48-28-24-20-16-12-8-4)96-79(84)66-62-58-54-50-46-43-40-34-31-27-23-19-15-11-7-3/h26-27,30-31,33-34,39-40,74-76,81H,5-25,28-29,32,35-38,41-73H2,1-4H3,(H,86,87)(H,88,89)/b30-26-,31-27-,39-33-,40-34-/t74-,75+,76+/m0/s1. The van der Waals surface area contributed by atoms with Crippen molar-refractivity contribution in [3.8, 4) is 0 Å². The Bertz CT molecular complexity index is 2070. The summed E-state index contributed by atoms with van der Waals surface area (Å²) < 4.78 is 68.6. The fourth-order valence-corrected chi connectivity index (χ4v) is 13.0. The Kier molecular flexibility index (Phi) is 71.1. The van der Waals surface area contributed by atoms with Gasteiger partial charge in [0.05, 0.1) is 26.4 Å². The lowest BCUT2D eigenvalue weighted by atomic mass is 10.0. The lowest BCUT2D eigenvalue weighted by Crippen LogP contribution is -2.30. The Morgan fingerprint density at radius 3 is 0.737 bits per heavy atom. The molecule has 0 amide bonds. The third-order valence-electron chi connectivity index (χ3n) is 17.6. The number of allylic oxidation sites excluding steroid dienone is 8. The summed E-state index contributed by atoms with van der Waals surface area (Å²) in [6.07, 6.45) is 70.9. The van der Waals surface area contributed by atoms with Crippen molar-refractivity contribution in [1.82, 2.24) is 0 Å². The molecule has 5 atom stereocenters. The van der Waals surface area contributed by atoms with Crippen LogP contribution in [0.4, 0.5) is 0 Å². The second kappa shape index (κ2) is 73.3. The van der Waals surface area contributed by atoms with Gasteiger partial charge in [0.25, 0.3) is 0 Å². The average molecular weight is 1440 g/mol. The van der Waals surface area contributed by atoms with Crippen molar-refractivity contribution in [2.24, 2.45) is 0 Å². The number of phosphoric ester groups is 2. The highest BCUT2D eigenvalue weighted by Gasteiger charge is 2.30. The largest absolute Gasteiger partial charge is 0.472 e. The molecule has 0 fully saturated rings. The normalized spacial score (nSPS) is 14.1. The number of esters is 4. The highest BCUT2D eigenvalue weighted by Crippen LogP contribution is 2.45. The minimum Gasteiger partial charge on any atom is -0.462 e. The number of unbranched alkanes of at least 4 members (excludes halogenated alkanes) is 45. The molecule has 0 aromatic heterocycles. The molecule has 0 aromatic rings. The first-order chi connectivity index (χ1) is 48.2. The zero-order valence-electron chi connectivity index (χ0n) is 63.4. The van der Waals surface area contributed by atoms with Crippen molar-refractivity contribution in [2.75, 3.05) is 39.6 Å². The van der Waals surface area contributed by atoms with Gasteiger partial charge in [0, 0.05) is 25.7 Å². The Morgan fingerprint density at radius 2 is 0.485 bits per heavy atom. The maximum absolute atomic E-state index is 13.1. The molecule has 0 saturated carbocycles. The molecule has 0 aliphatic carbocycles. The number of hydrogen-bond donors (Lipinski definition) is 3. The third kappa shape index (κ3) is 73.1. The summed E-state index contributed by atoms with van der Waals surface area (Å²) in [4.78, 5) is 72.9. The molecule has 99 heavy (non-hydrogen) atoms. The summed E-state index contributed by atoms with van der Waals surface area (Å²) in [6, 6.07) is 0. The number of aliphatic hydroxyl groups excluding tert-OH is 1. The molecule has 580 valence electrons. The van der Waals surface area contributed by atoms with Crippen LogP contribution in [-0.4, -0.2) is 96.7 Å². The predicted molar refractivity (Wildman–Crippen MR) is 404 cm³/mol. The zero-order chi connectivity index (χ0) is 72.5. The molecule has 2 unspecified atom stereocenters. The van der Waals surface area contributed by atoms with E-state index in [-0.39, 0.29) is 25.7 Å². The van der Waals surface area contributed by atoms with Crippen LogP contribution < -0.4 is 0 Å². The molecular formula is C80H148O17P2. The quantitative estimate of drug-likeness (QED) is 0.0169. The first kappa shape index (κ1) is 96.0. The fraction of sp³-hybridized carbons (Fsp3) is 0.850. The van der Waals surface area contributed by atoms with Crippen LogP contribution in [0.5, 0.6) is 0 Å². The van der Waals surface area contributed by atoms with E-state index in [0.717, 1.165) is 122 Å². The van der Waals surface area contributed by atoms with Gasteiger partial charge in [-0.1, -0.05) is 327 Å². The van der Waals surface area contributed by atoms with Crippen molar-refractivity contribution >= 4 is 39.5 Å². The summed E-state index contributed by atoms with van der Waals surface area (Å²) in [5.74, 6) is -2.17. The molecule has 0 heterocycles. The highest BCUT2D eigenvalue weighted by atomic mass is 31.2. The van der Waals surface area contributed by atoms with Gasteiger partial charge in [0.2, 0.25) is 0 Å². The first-order valence-corrected chi connectivity index (χ1v) is 43.4. The van der Waals surface area contributed by atoms with Gasteiger partial charge in [-0.3, -0.25) is 37.3 Å². The molecule has 0 aliphatic heterocycles. The number of ether oxygens (including phenoxy) is 4. The SMILES string of the molecule is CCCCCC/C=C\C=C/CCCCCCCC(=O)OC[C@H](COP(=O)(O)OC[C@@H](O)COP(=O)(O)OC[C@@H](COC(=O)CCCCCCCCCCCC)OC(=O)CCCCCCC/C=C\C=C/CCCCCC)OC(=O)CCCCCCCCCCCCCCCCCCCCC. The number of aliphatic hydroxyl groups is 1. The maximum atomic E-state index is 13.1. The molecule has 3 N–H and O–H groups in total. The summed E-state index contributed by atoms with van der Waals surface area (Å²) >= 11 is 0. The number of carbonyl (C=O) groups is 4. The van der Waals surface area contributed by atoms with Crippen LogP contribution in [-0.2, 0) is 65.4 Å². The predicted octanol–water partition coefficient (Wildman–Crippen LogP) is 23.3. The van der Waals surface area contributed by atoms with Crippen molar-refractivity contribution in [1.29, 1.82) is 0 Å². The van der Waals surface area contributed by atoms with Crippen molar-refractivity contribution in [3.63, 3.8) is 0 Å². The van der Waals surface area contributed by atoms with Gasteiger partial charge in [-0.15, -0.1) is 0 Å². The van der Waals surface area contributed by atoms with Crippen LogP contribution in [0.15, 0.2) is 48.6 Å². The van der Waals surface area contributed by atoms with E-state index < -0.39 is 97.5 Å². The van der Waals surface area contributed by atoms with E-state index in [9.17, 15) is 43.2 Å². The molecule has 19 heteroatoms. The van der Waals surface area contributed by atoms with E-state index in [2.05, 4.69) is 76.3 Å². The van der Waals surface area contributed by atoms with E-state index in [1.54, 1.807) is 0 Å². The third-order valence-corrected chi connectivity index (χ3v) is 19.5. The van der Waals surface area contributed by atoms with Crippen LogP contribution in [0.2, 0.25) is 0 Å². The minimum absolute atomic E-state index is 0.0833. The van der Waals surface area contributed by atoms with E-state index in [1.165, 1.54) is 180 Å². The van der Waals surface area contributed by atoms with Gasteiger partial charge >= 0.3 is 39.5 Å². The molecule has 0 saturated heterocycles. The Labute approximate surface area is 604 Å². The topological polar surface area (TPSA) is 237 Å². The molecule has 0 rings (SSSR count). The fourth-order valence-electron chi connectivity index (χ4n) is 11.4. The van der Waals surface area contributed by atoms with E-state index >= 15 is 0 Å². The molecule has 0 aromatic carbocycles. The average Bonchev–Trinajstić information content (AvgIpc) is 1.14. The smallest absolute Gasteiger partial charge is 0.462 e. The van der Waals surface area contributed by atoms with Gasteiger partial charge in [0.15, 0.2) is 12.2 Å². The van der Waals surface area contributed by atoms with Gasteiger partial charge in [-0.05, 0) is 77.0 Å². The first-order valence-electron chi connectivity index (χ1n) is 40.4. The summed E-state index contributed by atoms with van der Waals surface area (Å²) in [7, 11) is -9.94. The Balaban J connectivity index is 5.30. The summed E-state index contributed by atoms with van der Waals surface area (Å²) in [5.41, 5.74) is 0. The molecule has 0 aliphatic rings. The molecule has 0 spiro atoms. The van der Waals surface area contributed by atoms with Crippen LogP contribution in [0, 0.1) is 0 Å².